The van der Waals surface area contributed by atoms with Crippen LogP contribution in [0.2, 0.25) is 5.02 Å². The van der Waals surface area contributed by atoms with Gasteiger partial charge in [-0.2, -0.15) is 0 Å². The SMILES string of the molecule is COc1ccc(Cl)c2sc(N(CC3CCCO3)C(=O)C3CCN(S(C)(=O)=O)CC3)nc12. The Bertz CT molecular complexity index is 1060. The van der Waals surface area contributed by atoms with Crippen LogP contribution in [0.1, 0.15) is 25.7 Å². The molecule has 11 heteroatoms. The molecule has 2 aromatic rings. The van der Waals surface area contributed by atoms with Crippen molar-refractivity contribution in [1.82, 2.24) is 9.29 Å². The summed E-state index contributed by atoms with van der Waals surface area (Å²) in [5.74, 6) is 0.300. The second-order valence-electron chi connectivity index (χ2n) is 7.94. The lowest BCUT2D eigenvalue weighted by molar-refractivity contribution is -0.123. The van der Waals surface area contributed by atoms with E-state index in [4.69, 9.17) is 26.1 Å². The highest BCUT2D eigenvalue weighted by atomic mass is 35.5. The maximum absolute atomic E-state index is 13.6. The van der Waals surface area contributed by atoms with Gasteiger partial charge in [0.15, 0.2) is 5.13 Å². The topological polar surface area (TPSA) is 89.0 Å². The first kappa shape index (κ1) is 22.7. The number of amides is 1. The van der Waals surface area contributed by atoms with Crippen molar-refractivity contribution in [2.75, 3.05) is 44.5 Å². The van der Waals surface area contributed by atoms with E-state index in [2.05, 4.69) is 0 Å². The van der Waals surface area contributed by atoms with E-state index in [0.29, 0.717) is 60.5 Å². The molecular weight excluding hydrogens is 462 g/mol. The standard InChI is InChI=1S/C20H26ClN3O5S2/c1-28-16-6-5-15(21)18-17(16)22-20(30-18)24(12-14-4-3-11-29-14)19(25)13-7-9-23(10-8-13)31(2,26)27/h5-6,13-14H,3-4,7-12H2,1-2H3. The van der Waals surface area contributed by atoms with Crippen LogP contribution in [0.25, 0.3) is 10.2 Å². The van der Waals surface area contributed by atoms with E-state index in [1.165, 1.54) is 21.9 Å². The number of aromatic nitrogens is 1. The Hall–Kier alpha value is -1.46. The lowest BCUT2D eigenvalue weighted by atomic mass is 9.96. The minimum atomic E-state index is -3.25. The summed E-state index contributed by atoms with van der Waals surface area (Å²) in [6.07, 6.45) is 4.01. The zero-order valence-corrected chi connectivity index (χ0v) is 19.9. The molecule has 1 aromatic heterocycles. The van der Waals surface area contributed by atoms with Gasteiger partial charge in [0.05, 0.1) is 35.7 Å². The van der Waals surface area contributed by atoms with Gasteiger partial charge in [0.1, 0.15) is 11.3 Å². The first-order chi connectivity index (χ1) is 14.8. The summed E-state index contributed by atoms with van der Waals surface area (Å²) < 4.78 is 37.1. The van der Waals surface area contributed by atoms with Gasteiger partial charge in [-0.05, 0) is 37.8 Å². The summed E-state index contributed by atoms with van der Waals surface area (Å²) in [5, 5.41) is 1.12. The molecule has 2 aliphatic rings. The predicted molar refractivity (Wildman–Crippen MR) is 122 cm³/mol. The maximum Gasteiger partial charge on any atom is 0.232 e. The third-order valence-electron chi connectivity index (χ3n) is 5.85. The van der Waals surface area contributed by atoms with Gasteiger partial charge in [-0.3, -0.25) is 9.69 Å². The van der Waals surface area contributed by atoms with E-state index in [1.54, 1.807) is 24.1 Å². The van der Waals surface area contributed by atoms with Gasteiger partial charge in [0.2, 0.25) is 15.9 Å². The molecule has 3 heterocycles. The molecule has 0 radical (unpaired) electrons. The molecule has 1 unspecified atom stereocenters. The number of carbonyl (C=O) groups excluding carboxylic acids is 1. The molecule has 1 aromatic carbocycles. The summed E-state index contributed by atoms with van der Waals surface area (Å²) in [6, 6.07) is 3.53. The average Bonchev–Trinajstić information content (AvgIpc) is 3.42. The van der Waals surface area contributed by atoms with Gasteiger partial charge in [-0.25, -0.2) is 17.7 Å². The molecule has 0 aliphatic carbocycles. The number of rotatable bonds is 6. The molecule has 0 bridgehead atoms. The minimum Gasteiger partial charge on any atom is -0.494 e. The molecule has 170 valence electrons. The number of halogens is 1. The van der Waals surface area contributed by atoms with Crippen LogP contribution in [-0.2, 0) is 19.6 Å². The number of piperidine rings is 1. The Kier molecular flexibility index (Phi) is 6.73. The van der Waals surface area contributed by atoms with Gasteiger partial charge in [0, 0.05) is 25.6 Å². The molecule has 2 aliphatic heterocycles. The Morgan fingerprint density at radius 3 is 2.71 bits per heavy atom. The Morgan fingerprint density at radius 2 is 2.10 bits per heavy atom. The van der Waals surface area contributed by atoms with Crippen LogP contribution < -0.4 is 9.64 Å². The number of methoxy groups -OCH3 is 1. The molecule has 1 amide bonds. The van der Waals surface area contributed by atoms with Crippen molar-refractivity contribution in [3.63, 3.8) is 0 Å². The van der Waals surface area contributed by atoms with Gasteiger partial charge in [-0.15, -0.1) is 0 Å². The molecule has 31 heavy (non-hydrogen) atoms. The highest BCUT2D eigenvalue weighted by molar-refractivity contribution is 7.88. The molecule has 0 N–H and O–H groups in total. The van der Waals surface area contributed by atoms with Crippen molar-refractivity contribution in [3.8, 4) is 5.75 Å². The fourth-order valence-corrected chi connectivity index (χ4v) is 6.28. The van der Waals surface area contributed by atoms with Gasteiger partial charge >= 0.3 is 0 Å². The lowest BCUT2D eigenvalue weighted by Gasteiger charge is -2.33. The van der Waals surface area contributed by atoms with Crippen molar-refractivity contribution in [1.29, 1.82) is 0 Å². The van der Waals surface area contributed by atoms with Crippen molar-refractivity contribution in [2.45, 2.75) is 31.8 Å². The molecule has 2 fully saturated rings. The zero-order chi connectivity index (χ0) is 22.2. The number of fused-ring (bicyclic) bond motifs is 1. The van der Waals surface area contributed by atoms with E-state index in [-0.39, 0.29) is 17.9 Å². The number of anilines is 1. The highest BCUT2D eigenvalue weighted by Crippen LogP contribution is 2.39. The van der Waals surface area contributed by atoms with E-state index < -0.39 is 10.0 Å². The number of thiazole rings is 1. The zero-order valence-electron chi connectivity index (χ0n) is 17.5. The van der Waals surface area contributed by atoms with Gasteiger partial charge in [-0.1, -0.05) is 22.9 Å². The van der Waals surface area contributed by atoms with Crippen LogP contribution in [0.15, 0.2) is 12.1 Å². The Labute approximate surface area is 191 Å². The fourth-order valence-electron chi connectivity index (χ4n) is 4.13. The van der Waals surface area contributed by atoms with E-state index in [0.717, 1.165) is 17.5 Å². The number of ether oxygens (including phenoxy) is 2. The number of hydrogen-bond donors (Lipinski definition) is 0. The van der Waals surface area contributed by atoms with Crippen LogP contribution in [0, 0.1) is 5.92 Å². The van der Waals surface area contributed by atoms with Crippen molar-refractivity contribution in [2.24, 2.45) is 5.92 Å². The molecule has 1 atom stereocenters. The number of benzene rings is 1. The van der Waals surface area contributed by atoms with E-state index in [9.17, 15) is 13.2 Å². The quantitative estimate of drug-likeness (QED) is 0.622. The second-order valence-corrected chi connectivity index (χ2v) is 11.3. The monoisotopic (exact) mass is 487 g/mol. The van der Waals surface area contributed by atoms with Crippen LogP contribution in [0.3, 0.4) is 0 Å². The van der Waals surface area contributed by atoms with Crippen LogP contribution in [0.5, 0.6) is 5.75 Å². The number of carbonyl (C=O) groups is 1. The maximum atomic E-state index is 13.6. The molecule has 8 nitrogen and oxygen atoms in total. The number of hydrogen-bond acceptors (Lipinski definition) is 7. The molecule has 0 saturated carbocycles. The minimum absolute atomic E-state index is 0.0376. The Morgan fingerprint density at radius 1 is 1.35 bits per heavy atom. The third kappa shape index (κ3) is 4.83. The lowest BCUT2D eigenvalue weighted by Crippen LogP contribution is -2.46. The molecule has 0 spiro atoms. The fraction of sp³-hybridized carbons (Fsp3) is 0.600. The number of sulfonamides is 1. The first-order valence-corrected chi connectivity index (χ1v) is 13.3. The average molecular weight is 488 g/mol. The summed E-state index contributed by atoms with van der Waals surface area (Å²) in [5.41, 5.74) is 0.632. The smallest absolute Gasteiger partial charge is 0.232 e. The van der Waals surface area contributed by atoms with E-state index >= 15 is 0 Å². The van der Waals surface area contributed by atoms with Gasteiger partial charge in [0.25, 0.3) is 0 Å². The summed E-state index contributed by atoms with van der Waals surface area (Å²) in [7, 11) is -1.67. The third-order valence-corrected chi connectivity index (χ3v) is 8.69. The Balaban J connectivity index is 1.63. The first-order valence-electron chi connectivity index (χ1n) is 10.3. The molecular formula is C20H26ClN3O5S2. The highest BCUT2D eigenvalue weighted by Gasteiger charge is 2.35. The largest absolute Gasteiger partial charge is 0.494 e. The van der Waals surface area contributed by atoms with Gasteiger partial charge < -0.3 is 9.47 Å². The van der Waals surface area contributed by atoms with Crippen LogP contribution in [-0.4, -0.2) is 69.3 Å². The van der Waals surface area contributed by atoms with Crippen molar-refractivity contribution >= 4 is 54.2 Å². The van der Waals surface area contributed by atoms with E-state index in [1.807, 2.05) is 0 Å². The normalized spacial score (nSPS) is 20.9. The van der Waals surface area contributed by atoms with Crippen LogP contribution in [0.4, 0.5) is 5.13 Å². The summed E-state index contributed by atoms with van der Waals surface area (Å²) in [6.45, 7) is 1.81. The van der Waals surface area contributed by atoms with Crippen molar-refractivity contribution in [3.05, 3.63) is 17.2 Å². The summed E-state index contributed by atoms with van der Waals surface area (Å²) in [4.78, 5) is 20.0. The van der Waals surface area contributed by atoms with Crippen molar-refractivity contribution < 1.29 is 22.7 Å². The summed E-state index contributed by atoms with van der Waals surface area (Å²) >= 11 is 7.75. The number of nitrogens with zero attached hydrogens (tertiary/aromatic N) is 3. The predicted octanol–water partition coefficient (Wildman–Crippen LogP) is 3.14. The van der Waals surface area contributed by atoms with Crippen LogP contribution >= 0.6 is 22.9 Å². The molecule has 2 saturated heterocycles. The second kappa shape index (κ2) is 9.19. The molecule has 4 rings (SSSR count).